The molecule has 2 aromatic heterocycles. The average molecular weight is 457 g/mol. The Morgan fingerprint density at radius 1 is 0.909 bits per heavy atom. The van der Waals surface area contributed by atoms with Crippen LogP contribution in [0.5, 0.6) is 17.2 Å². The van der Waals surface area contributed by atoms with Crippen molar-refractivity contribution in [2.24, 2.45) is 0 Å². The minimum Gasteiger partial charge on any atom is -0.494 e. The molecule has 4 rings (SSSR count). The standard InChI is InChI=1S/C23H25F2N5O3/c1-31-18-10-19(32-2)22(25)17(21(18)24)14-33-16-12-27-23(28-13-16)29-15-6-7-20(26-11-15)30-8-4-3-5-9-30/h6-7,10-13H,3-5,8-9,14H2,1-2H3,(H,27,28,29). The van der Waals surface area contributed by atoms with Gasteiger partial charge in [-0.2, -0.15) is 0 Å². The van der Waals surface area contributed by atoms with Crippen LogP contribution in [0.1, 0.15) is 24.8 Å². The second-order valence-corrected chi connectivity index (χ2v) is 7.50. The first-order valence-corrected chi connectivity index (χ1v) is 10.6. The van der Waals surface area contributed by atoms with Gasteiger partial charge in [-0.1, -0.05) is 0 Å². The third-order valence-electron chi connectivity index (χ3n) is 5.36. The van der Waals surface area contributed by atoms with Crippen molar-refractivity contribution in [1.29, 1.82) is 0 Å². The number of anilines is 3. The molecular weight excluding hydrogens is 432 g/mol. The minimum atomic E-state index is -0.851. The van der Waals surface area contributed by atoms with Crippen LogP contribution in [-0.4, -0.2) is 42.3 Å². The summed E-state index contributed by atoms with van der Waals surface area (Å²) in [5, 5.41) is 3.07. The Bertz CT molecular complexity index is 1050. The molecule has 0 atom stereocenters. The summed E-state index contributed by atoms with van der Waals surface area (Å²) in [5.41, 5.74) is 0.435. The van der Waals surface area contributed by atoms with Crippen molar-refractivity contribution >= 4 is 17.5 Å². The van der Waals surface area contributed by atoms with Crippen molar-refractivity contribution in [2.75, 3.05) is 37.5 Å². The van der Waals surface area contributed by atoms with E-state index in [1.807, 2.05) is 12.1 Å². The molecule has 0 amide bonds. The minimum absolute atomic E-state index is 0.137. The molecule has 1 fully saturated rings. The predicted octanol–water partition coefficient (Wildman–Crippen LogP) is 4.48. The van der Waals surface area contributed by atoms with Crippen molar-refractivity contribution in [2.45, 2.75) is 25.9 Å². The fourth-order valence-corrected chi connectivity index (χ4v) is 3.57. The molecule has 1 aliphatic heterocycles. The number of nitrogens with zero attached hydrogens (tertiary/aromatic N) is 4. The number of rotatable bonds is 8. The summed E-state index contributed by atoms with van der Waals surface area (Å²) >= 11 is 0. The van der Waals surface area contributed by atoms with E-state index in [0.717, 1.165) is 30.7 Å². The summed E-state index contributed by atoms with van der Waals surface area (Å²) < 4.78 is 44.3. The highest BCUT2D eigenvalue weighted by Crippen LogP contribution is 2.32. The van der Waals surface area contributed by atoms with Gasteiger partial charge in [0.05, 0.1) is 44.1 Å². The smallest absolute Gasteiger partial charge is 0.227 e. The molecule has 1 N–H and O–H groups in total. The first-order valence-electron chi connectivity index (χ1n) is 10.6. The fraction of sp³-hybridized carbons (Fsp3) is 0.348. The van der Waals surface area contributed by atoms with Gasteiger partial charge in [-0.05, 0) is 31.4 Å². The predicted molar refractivity (Wildman–Crippen MR) is 119 cm³/mol. The zero-order valence-electron chi connectivity index (χ0n) is 18.5. The normalized spacial score (nSPS) is 13.5. The van der Waals surface area contributed by atoms with Crippen LogP contribution in [0.25, 0.3) is 0 Å². The molecule has 10 heteroatoms. The average Bonchev–Trinajstić information content (AvgIpc) is 2.86. The van der Waals surface area contributed by atoms with Crippen molar-refractivity contribution in [1.82, 2.24) is 15.0 Å². The van der Waals surface area contributed by atoms with Gasteiger partial charge >= 0.3 is 0 Å². The highest BCUT2D eigenvalue weighted by Gasteiger charge is 2.20. The van der Waals surface area contributed by atoms with Crippen molar-refractivity contribution in [3.8, 4) is 17.2 Å². The summed E-state index contributed by atoms with van der Waals surface area (Å²) in [5.74, 6) is -0.426. The summed E-state index contributed by atoms with van der Waals surface area (Å²) in [6, 6.07) is 5.04. The highest BCUT2D eigenvalue weighted by molar-refractivity contribution is 5.55. The number of hydrogen-bond acceptors (Lipinski definition) is 8. The van der Waals surface area contributed by atoms with Crippen LogP contribution in [0.15, 0.2) is 36.8 Å². The van der Waals surface area contributed by atoms with Crippen molar-refractivity contribution < 1.29 is 23.0 Å². The zero-order chi connectivity index (χ0) is 23.2. The van der Waals surface area contributed by atoms with Gasteiger partial charge in [0.25, 0.3) is 0 Å². The molecule has 8 nitrogen and oxygen atoms in total. The van der Waals surface area contributed by atoms with Gasteiger partial charge in [-0.3, -0.25) is 0 Å². The molecule has 1 aliphatic rings. The summed E-state index contributed by atoms with van der Waals surface area (Å²) in [4.78, 5) is 15.2. The van der Waals surface area contributed by atoms with E-state index in [1.165, 1.54) is 45.9 Å². The van der Waals surface area contributed by atoms with Gasteiger partial charge in [0.1, 0.15) is 12.4 Å². The van der Waals surface area contributed by atoms with E-state index in [-0.39, 0.29) is 29.4 Å². The molecule has 174 valence electrons. The van der Waals surface area contributed by atoms with Crippen LogP contribution in [0.4, 0.5) is 26.2 Å². The summed E-state index contributed by atoms with van der Waals surface area (Å²) in [6.07, 6.45) is 8.21. The number of piperidine rings is 1. The largest absolute Gasteiger partial charge is 0.494 e. The van der Waals surface area contributed by atoms with Crippen molar-refractivity contribution in [3.05, 3.63) is 54.0 Å². The Kier molecular flexibility index (Phi) is 7.01. The molecular formula is C23H25F2N5O3. The van der Waals surface area contributed by atoms with E-state index in [1.54, 1.807) is 6.20 Å². The van der Waals surface area contributed by atoms with Crippen LogP contribution in [0.3, 0.4) is 0 Å². The maximum absolute atomic E-state index is 14.5. The van der Waals surface area contributed by atoms with Crippen LogP contribution in [0.2, 0.25) is 0 Å². The second kappa shape index (κ2) is 10.3. The molecule has 0 spiro atoms. The van der Waals surface area contributed by atoms with Crippen LogP contribution in [0, 0.1) is 11.6 Å². The van der Waals surface area contributed by atoms with E-state index >= 15 is 0 Å². The first kappa shape index (κ1) is 22.5. The maximum atomic E-state index is 14.5. The van der Waals surface area contributed by atoms with E-state index in [4.69, 9.17) is 14.2 Å². The van der Waals surface area contributed by atoms with E-state index < -0.39 is 11.6 Å². The van der Waals surface area contributed by atoms with Crippen molar-refractivity contribution in [3.63, 3.8) is 0 Å². The van der Waals surface area contributed by atoms with Gasteiger partial charge in [-0.15, -0.1) is 0 Å². The first-order chi connectivity index (χ1) is 16.1. The van der Waals surface area contributed by atoms with Gasteiger partial charge in [0.2, 0.25) is 5.95 Å². The Hall–Kier alpha value is -3.69. The van der Waals surface area contributed by atoms with E-state index in [0.29, 0.717) is 5.95 Å². The van der Waals surface area contributed by atoms with Crippen LogP contribution >= 0.6 is 0 Å². The third kappa shape index (κ3) is 5.21. The lowest BCUT2D eigenvalue weighted by Gasteiger charge is -2.27. The molecule has 3 aromatic rings. The SMILES string of the molecule is COc1cc(OC)c(F)c(COc2cnc(Nc3ccc(N4CCCCC4)nc3)nc2)c1F. The van der Waals surface area contributed by atoms with Crippen LogP contribution in [-0.2, 0) is 6.61 Å². The number of nitrogens with one attached hydrogen (secondary N) is 1. The Balaban J connectivity index is 1.38. The lowest BCUT2D eigenvalue weighted by atomic mass is 10.1. The van der Waals surface area contributed by atoms with Gasteiger partial charge in [-0.25, -0.2) is 23.7 Å². The number of aromatic nitrogens is 3. The highest BCUT2D eigenvalue weighted by atomic mass is 19.1. The number of hydrogen-bond donors (Lipinski definition) is 1. The quantitative estimate of drug-likeness (QED) is 0.530. The number of benzene rings is 1. The zero-order valence-corrected chi connectivity index (χ0v) is 18.5. The molecule has 33 heavy (non-hydrogen) atoms. The van der Waals surface area contributed by atoms with Gasteiger partial charge in [0.15, 0.2) is 28.9 Å². The van der Waals surface area contributed by atoms with Gasteiger partial charge in [0, 0.05) is 19.2 Å². The van der Waals surface area contributed by atoms with Crippen LogP contribution < -0.4 is 24.4 Å². The molecule has 1 aromatic carbocycles. The Morgan fingerprint density at radius 2 is 1.58 bits per heavy atom. The molecule has 1 saturated heterocycles. The summed E-state index contributed by atoms with van der Waals surface area (Å²) in [7, 11) is 2.58. The Labute approximate surface area is 190 Å². The monoisotopic (exact) mass is 457 g/mol. The van der Waals surface area contributed by atoms with E-state index in [9.17, 15) is 8.78 Å². The molecule has 0 radical (unpaired) electrons. The van der Waals surface area contributed by atoms with E-state index in [2.05, 4.69) is 25.2 Å². The third-order valence-corrected chi connectivity index (χ3v) is 5.36. The number of methoxy groups -OCH3 is 2. The molecule has 0 saturated carbocycles. The second-order valence-electron chi connectivity index (χ2n) is 7.50. The molecule has 3 heterocycles. The fourth-order valence-electron chi connectivity index (χ4n) is 3.57. The molecule has 0 aliphatic carbocycles. The number of halogens is 2. The number of pyridine rings is 1. The summed E-state index contributed by atoms with van der Waals surface area (Å²) in [6.45, 7) is 1.67. The maximum Gasteiger partial charge on any atom is 0.227 e. The molecule has 0 bridgehead atoms. The molecule has 0 unspecified atom stereocenters. The lowest BCUT2D eigenvalue weighted by Crippen LogP contribution is -2.29. The Morgan fingerprint density at radius 3 is 2.15 bits per heavy atom. The topological polar surface area (TPSA) is 81.6 Å². The lowest BCUT2D eigenvalue weighted by molar-refractivity contribution is 0.280. The number of ether oxygens (including phenoxy) is 3. The van der Waals surface area contributed by atoms with Gasteiger partial charge < -0.3 is 24.4 Å².